The molecular weight excluding hydrogens is 262 g/mol. The Kier molecular flexibility index (Phi) is 4.72. The number of morpholine rings is 1. The summed E-state index contributed by atoms with van der Waals surface area (Å²) in [6.07, 6.45) is 1.58. The molecule has 108 valence electrons. The average molecular weight is 279 g/mol. The van der Waals surface area contributed by atoms with Crippen molar-refractivity contribution in [3.8, 4) is 0 Å². The molecule has 1 aliphatic rings. The van der Waals surface area contributed by atoms with Gasteiger partial charge < -0.3 is 26.0 Å². The second-order valence-corrected chi connectivity index (χ2v) is 4.27. The third kappa shape index (κ3) is 4.09. The molecule has 0 saturated carbocycles. The number of nitrogens with zero attached hydrogens (tertiary/aromatic N) is 2. The van der Waals surface area contributed by atoms with Gasteiger partial charge in [0.2, 0.25) is 5.91 Å². The van der Waals surface area contributed by atoms with Gasteiger partial charge in [-0.2, -0.15) is 0 Å². The fourth-order valence-corrected chi connectivity index (χ4v) is 1.81. The normalized spacial score (nSPS) is 14.7. The molecule has 1 aliphatic heterocycles. The second kappa shape index (κ2) is 6.71. The SMILES string of the molecule is NC(=O)NCC(=O)Nc1ccc(N2CCOCC2)nc1. The molecular formula is C12H17N5O3. The molecule has 0 atom stereocenters. The van der Waals surface area contributed by atoms with E-state index in [2.05, 4.69) is 20.5 Å². The van der Waals surface area contributed by atoms with E-state index in [4.69, 9.17) is 10.5 Å². The van der Waals surface area contributed by atoms with Crippen molar-refractivity contribution in [2.45, 2.75) is 0 Å². The van der Waals surface area contributed by atoms with Crippen LogP contribution in [0.15, 0.2) is 18.3 Å². The molecule has 1 fully saturated rings. The molecule has 2 heterocycles. The standard InChI is InChI=1S/C12H17N5O3/c13-12(19)15-8-11(18)16-9-1-2-10(14-7-9)17-3-5-20-6-4-17/h1-2,7H,3-6,8H2,(H,16,18)(H3,13,15,19). The van der Waals surface area contributed by atoms with Gasteiger partial charge in [0.05, 0.1) is 31.6 Å². The summed E-state index contributed by atoms with van der Waals surface area (Å²) in [6, 6.07) is 2.86. The quantitative estimate of drug-likeness (QED) is 0.690. The van der Waals surface area contributed by atoms with Crippen LogP contribution in [0.5, 0.6) is 0 Å². The zero-order valence-electron chi connectivity index (χ0n) is 11.0. The number of hydrogen-bond donors (Lipinski definition) is 3. The summed E-state index contributed by atoms with van der Waals surface area (Å²) >= 11 is 0. The summed E-state index contributed by atoms with van der Waals surface area (Å²) in [5, 5.41) is 4.83. The molecule has 0 aromatic carbocycles. The van der Waals surface area contributed by atoms with E-state index in [1.807, 2.05) is 6.07 Å². The molecule has 0 aliphatic carbocycles. The number of rotatable bonds is 4. The summed E-state index contributed by atoms with van der Waals surface area (Å²) in [7, 11) is 0. The lowest BCUT2D eigenvalue weighted by molar-refractivity contribution is -0.115. The highest BCUT2D eigenvalue weighted by molar-refractivity contribution is 5.94. The van der Waals surface area contributed by atoms with Crippen LogP contribution in [0, 0.1) is 0 Å². The Hall–Kier alpha value is -2.35. The lowest BCUT2D eigenvalue weighted by Crippen LogP contribution is -2.37. The zero-order chi connectivity index (χ0) is 14.4. The van der Waals surface area contributed by atoms with Crippen molar-refractivity contribution in [1.82, 2.24) is 10.3 Å². The number of carbonyl (C=O) groups excluding carboxylic acids is 2. The number of hydrogen-bond acceptors (Lipinski definition) is 5. The minimum Gasteiger partial charge on any atom is -0.378 e. The first kappa shape index (κ1) is 14.1. The molecule has 0 unspecified atom stereocenters. The van der Waals surface area contributed by atoms with Gasteiger partial charge in [-0.05, 0) is 12.1 Å². The first-order chi connectivity index (χ1) is 9.65. The van der Waals surface area contributed by atoms with Crippen LogP contribution in [0.2, 0.25) is 0 Å². The van der Waals surface area contributed by atoms with Crippen molar-refractivity contribution in [2.75, 3.05) is 43.1 Å². The monoisotopic (exact) mass is 279 g/mol. The maximum Gasteiger partial charge on any atom is 0.312 e. The van der Waals surface area contributed by atoms with Crippen LogP contribution in [0.4, 0.5) is 16.3 Å². The van der Waals surface area contributed by atoms with E-state index in [-0.39, 0.29) is 12.5 Å². The van der Waals surface area contributed by atoms with Crippen molar-refractivity contribution in [3.05, 3.63) is 18.3 Å². The molecule has 1 aromatic rings. The van der Waals surface area contributed by atoms with Gasteiger partial charge in [-0.25, -0.2) is 9.78 Å². The minimum atomic E-state index is -0.735. The third-order valence-corrected chi connectivity index (χ3v) is 2.79. The van der Waals surface area contributed by atoms with Crippen molar-refractivity contribution in [1.29, 1.82) is 0 Å². The molecule has 0 bridgehead atoms. The van der Waals surface area contributed by atoms with E-state index < -0.39 is 6.03 Å². The van der Waals surface area contributed by atoms with E-state index >= 15 is 0 Å². The lowest BCUT2D eigenvalue weighted by Gasteiger charge is -2.27. The molecule has 3 amide bonds. The number of aromatic nitrogens is 1. The molecule has 20 heavy (non-hydrogen) atoms. The van der Waals surface area contributed by atoms with Crippen molar-refractivity contribution < 1.29 is 14.3 Å². The Morgan fingerprint density at radius 2 is 2.10 bits per heavy atom. The van der Waals surface area contributed by atoms with Crippen LogP contribution >= 0.6 is 0 Å². The average Bonchev–Trinajstić information content (AvgIpc) is 2.47. The molecule has 4 N–H and O–H groups in total. The van der Waals surface area contributed by atoms with E-state index in [0.29, 0.717) is 18.9 Å². The smallest absolute Gasteiger partial charge is 0.312 e. The van der Waals surface area contributed by atoms with Crippen molar-refractivity contribution >= 4 is 23.4 Å². The highest BCUT2D eigenvalue weighted by atomic mass is 16.5. The molecule has 8 nitrogen and oxygen atoms in total. The Morgan fingerprint density at radius 3 is 2.70 bits per heavy atom. The Morgan fingerprint density at radius 1 is 1.35 bits per heavy atom. The van der Waals surface area contributed by atoms with Crippen LogP contribution in [-0.4, -0.2) is 49.8 Å². The summed E-state index contributed by atoms with van der Waals surface area (Å²) < 4.78 is 5.27. The number of nitrogens with one attached hydrogen (secondary N) is 2. The zero-order valence-corrected chi connectivity index (χ0v) is 11.0. The molecule has 2 rings (SSSR count). The number of urea groups is 1. The lowest BCUT2D eigenvalue weighted by atomic mass is 10.3. The molecule has 1 aromatic heterocycles. The molecule has 8 heteroatoms. The van der Waals surface area contributed by atoms with Crippen LogP contribution in [0.3, 0.4) is 0 Å². The number of anilines is 2. The number of carbonyl (C=O) groups is 2. The van der Waals surface area contributed by atoms with Gasteiger partial charge in [-0.3, -0.25) is 4.79 Å². The molecule has 0 radical (unpaired) electrons. The van der Waals surface area contributed by atoms with Crippen LogP contribution in [0.1, 0.15) is 0 Å². The fraction of sp³-hybridized carbons (Fsp3) is 0.417. The number of amides is 3. The van der Waals surface area contributed by atoms with Gasteiger partial charge in [0.15, 0.2) is 0 Å². The van der Waals surface area contributed by atoms with E-state index in [0.717, 1.165) is 18.9 Å². The second-order valence-electron chi connectivity index (χ2n) is 4.27. The summed E-state index contributed by atoms with van der Waals surface area (Å²) in [5.41, 5.74) is 5.45. The summed E-state index contributed by atoms with van der Waals surface area (Å²) in [5.74, 6) is 0.492. The number of pyridine rings is 1. The fourth-order valence-electron chi connectivity index (χ4n) is 1.81. The largest absolute Gasteiger partial charge is 0.378 e. The first-order valence-corrected chi connectivity index (χ1v) is 6.27. The van der Waals surface area contributed by atoms with Crippen molar-refractivity contribution in [2.24, 2.45) is 5.73 Å². The maximum atomic E-state index is 11.5. The number of nitrogens with two attached hydrogens (primary N) is 1. The third-order valence-electron chi connectivity index (χ3n) is 2.79. The molecule has 1 saturated heterocycles. The van der Waals surface area contributed by atoms with Crippen LogP contribution in [0.25, 0.3) is 0 Å². The molecule has 0 spiro atoms. The number of primary amides is 1. The van der Waals surface area contributed by atoms with Gasteiger partial charge in [0.25, 0.3) is 0 Å². The Bertz CT molecular complexity index is 470. The first-order valence-electron chi connectivity index (χ1n) is 6.27. The number of ether oxygens (including phenoxy) is 1. The highest BCUT2D eigenvalue weighted by Gasteiger charge is 2.12. The summed E-state index contributed by atoms with van der Waals surface area (Å²) in [6.45, 7) is 2.83. The van der Waals surface area contributed by atoms with Gasteiger partial charge in [-0.15, -0.1) is 0 Å². The van der Waals surface area contributed by atoms with Crippen LogP contribution in [-0.2, 0) is 9.53 Å². The van der Waals surface area contributed by atoms with Gasteiger partial charge in [0, 0.05) is 13.1 Å². The maximum absolute atomic E-state index is 11.5. The Balaban J connectivity index is 1.87. The van der Waals surface area contributed by atoms with Crippen LogP contribution < -0.4 is 21.3 Å². The Labute approximate surface area is 116 Å². The van der Waals surface area contributed by atoms with Crippen molar-refractivity contribution in [3.63, 3.8) is 0 Å². The topological polar surface area (TPSA) is 110 Å². The predicted molar refractivity (Wildman–Crippen MR) is 73.5 cm³/mol. The van der Waals surface area contributed by atoms with E-state index in [1.54, 1.807) is 12.3 Å². The van der Waals surface area contributed by atoms with Gasteiger partial charge in [-0.1, -0.05) is 0 Å². The highest BCUT2D eigenvalue weighted by Crippen LogP contribution is 2.15. The van der Waals surface area contributed by atoms with Gasteiger partial charge in [0.1, 0.15) is 5.82 Å². The minimum absolute atomic E-state index is 0.166. The van der Waals surface area contributed by atoms with Gasteiger partial charge >= 0.3 is 6.03 Å². The predicted octanol–water partition coefficient (Wildman–Crippen LogP) is -0.475. The van der Waals surface area contributed by atoms with E-state index in [1.165, 1.54) is 0 Å². The summed E-state index contributed by atoms with van der Waals surface area (Å²) in [4.78, 5) is 28.4. The van der Waals surface area contributed by atoms with E-state index in [9.17, 15) is 9.59 Å².